The highest BCUT2D eigenvalue weighted by Crippen LogP contribution is 2.36. The van der Waals surface area contributed by atoms with E-state index in [1.165, 1.54) is 4.68 Å². The summed E-state index contributed by atoms with van der Waals surface area (Å²) in [7, 11) is 0. The molecule has 0 saturated heterocycles. The second-order valence-electron chi connectivity index (χ2n) is 6.62. The molecule has 0 aliphatic heterocycles. The smallest absolute Gasteiger partial charge is 0.346 e. The van der Waals surface area contributed by atoms with E-state index < -0.39 is 0 Å². The van der Waals surface area contributed by atoms with Gasteiger partial charge in [-0.3, -0.25) is 9.36 Å². The van der Waals surface area contributed by atoms with E-state index in [0.717, 1.165) is 18.6 Å². The molecule has 2 aromatic heterocycles. The van der Waals surface area contributed by atoms with Gasteiger partial charge in [0.1, 0.15) is 5.75 Å². The number of carbonyl (C=O) groups excluding carboxylic acids is 1. The molecule has 0 radical (unpaired) electrons. The SMILES string of the molecule is CCOc1ccc(C(=O)NCCn2nc(-c3ccco3)n(C3CC3)c2=O)cc1. The Balaban J connectivity index is 1.42. The fourth-order valence-corrected chi connectivity index (χ4v) is 3.05. The third-order valence-electron chi connectivity index (χ3n) is 4.56. The Bertz CT molecular complexity index is 998. The van der Waals surface area contributed by atoms with Crippen LogP contribution in [0.4, 0.5) is 0 Å². The van der Waals surface area contributed by atoms with Gasteiger partial charge >= 0.3 is 5.69 Å². The predicted octanol–water partition coefficient (Wildman–Crippen LogP) is 2.47. The number of carbonyl (C=O) groups is 1. The van der Waals surface area contributed by atoms with Crippen LogP contribution in [0.3, 0.4) is 0 Å². The second-order valence-corrected chi connectivity index (χ2v) is 6.62. The van der Waals surface area contributed by atoms with Gasteiger partial charge < -0.3 is 14.5 Å². The molecule has 28 heavy (non-hydrogen) atoms. The molecule has 0 unspecified atom stereocenters. The first-order valence-corrected chi connectivity index (χ1v) is 9.41. The predicted molar refractivity (Wildman–Crippen MR) is 102 cm³/mol. The maximum Gasteiger partial charge on any atom is 0.346 e. The summed E-state index contributed by atoms with van der Waals surface area (Å²) in [6.07, 6.45) is 3.49. The minimum atomic E-state index is -0.205. The van der Waals surface area contributed by atoms with E-state index in [2.05, 4.69) is 10.4 Å². The van der Waals surface area contributed by atoms with Crippen LogP contribution < -0.4 is 15.7 Å². The molecule has 1 aromatic carbocycles. The van der Waals surface area contributed by atoms with Gasteiger partial charge in [0.05, 0.1) is 19.4 Å². The summed E-state index contributed by atoms with van der Waals surface area (Å²) in [4.78, 5) is 25.0. The van der Waals surface area contributed by atoms with Crippen LogP contribution in [0.2, 0.25) is 0 Å². The number of aromatic nitrogens is 3. The zero-order valence-electron chi connectivity index (χ0n) is 15.6. The third kappa shape index (κ3) is 3.71. The van der Waals surface area contributed by atoms with Crippen LogP contribution in [0.5, 0.6) is 5.75 Å². The highest BCUT2D eigenvalue weighted by molar-refractivity contribution is 5.94. The van der Waals surface area contributed by atoms with Gasteiger partial charge in [-0.05, 0) is 56.2 Å². The van der Waals surface area contributed by atoms with Crippen molar-refractivity contribution >= 4 is 5.91 Å². The number of hydrogen-bond acceptors (Lipinski definition) is 5. The van der Waals surface area contributed by atoms with Crippen molar-refractivity contribution in [2.24, 2.45) is 0 Å². The van der Waals surface area contributed by atoms with Gasteiger partial charge in [-0.1, -0.05) is 0 Å². The van der Waals surface area contributed by atoms with Gasteiger partial charge in [0, 0.05) is 18.2 Å². The lowest BCUT2D eigenvalue weighted by Crippen LogP contribution is -2.32. The van der Waals surface area contributed by atoms with E-state index in [1.807, 2.05) is 6.92 Å². The fourth-order valence-electron chi connectivity index (χ4n) is 3.05. The van der Waals surface area contributed by atoms with E-state index in [0.29, 0.717) is 30.3 Å². The summed E-state index contributed by atoms with van der Waals surface area (Å²) in [5.41, 5.74) is 0.361. The molecule has 1 aliphatic rings. The van der Waals surface area contributed by atoms with Crippen LogP contribution in [0.1, 0.15) is 36.2 Å². The van der Waals surface area contributed by atoms with Crippen LogP contribution in [0.15, 0.2) is 51.9 Å². The molecule has 146 valence electrons. The van der Waals surface area contributed by atoms with Gasteiger partial charge in [0.2, 0.25) is 5.82 Å². The van der Waals surface area contributed by atoms with Crippen molar-refractivity contribution in [2.45, 2.75) is 32.4 Å². The lowest BCUT2D eigenvalue weighted by molar-refractivity contribution is 0.0951. The maximum atomic E-state index is 12.7. The van der Waals surface area contributed by atoms with Crippen molar-refractivity contribution in [3.63, 3.8) is 0 Å². The number of rotatable bonds is 8. The van der Waals surface area contributed by atoms with Crippen LogP contribution in [0.25, 0.3) is 11.6 Å². The zero-order chi connectivity index (χ0) is 19.5. The van der Waals surface area contributed by atoms with E-state index in [-0.39, 0.29) is 24.2 Å². The number of nitrogens with one attached hydrogen (secondary N) is 1. The number of nitrogens with zero attached hydrogens (tertiary/aromatic N) is 3. The highest BCUT2D eigenvalue weighted by Gasteiger charge is 2.31. The third-order valence-corrected chi connectivity index (χ3v) is 4.56. The van der Waals surface area contributed by atoms with Gasteiger partial charge in [0.15, 0.2) is 5.76 Å². The first-order chi connectivity index (χ1) is 13.7. The number of amides is 1. The molecule has 1 N–H and O–H groups in total. The average molecular weight is 382 g/mol. The summed E-state index contributed by atoms with van der Waals surface area (Å²) in [6, 6.07) is 10.7. The molecule has 3 aromatic rings. The molecule has 8 heteroatoms. The summed E-state index contributed by atoms with van der Waals surface area (Å²) < 4.78 is 13.9. The first-order valence-electron chi connectivity index (χ1n) is 9.41. The summed E-state index contributed by atoms with van der Waals surface area (Å²) in [5, 5.41) is 7.24. The minimum absolute atomic E-state index is 0.177. The Morgan fingerprint density at radius 3 is 2.71 bits per heavy atom. The fraction of sp³-hybridized carbons (Fsp3) is 0.350. The summed E-state index contributed by atoms with van der Waals surface area (Å²) in [5.74, 6) is 1.63. The van der Waals surface area contributed by atoms with Gasteiger partial charge in [0.25, 0.3) is 5.91 Å². The normalized spacial score (nSPS) is 13.5. The van der Waals surface area contributed by atoms with E-state index in [1.54, 1.807) is 47.2 Å². The molecule has 0 bridgehead atoms. The lowest BCUT2D eigenvalue weighted by Gasteiger charge is -2.06. The molecule has 0 spiro atoms. The largest absolute Gasteiger partial charge is 0.494 e. The van der Waals surface area contributed by atoms with Crippen LogP contribution in [-0.4, -0.2) is 33.4 Å². The number of benzene rings is 1. The molecule has 4 rings (SSSR count). The Hall–Kier alpha value is -3.29. The van der Waals surface area contributed by atoms with Crippen molar-refractivity contribution in [1.82, 2.24) is 19.7 Å². The summed E-state index contributed by atoms with van der Waals surface area (Å²) in [6.45, 7) is 3.07. The van der Waals surface area contributed by atoms with Gasteiger partial charge in [-0.2, -0.15) is 0 Å². The Kier molecular flexibility index (Phi) is 5.01. The second kappa shape index (κ2) is 7.75. The number of furan rings is 1. The Morgan fingerprint density at radius 2 is 2.07 bits per heavy atom. The van der Waals surface area contributed by atoms with Crippen molar-refractivity contribution in [3.8, 4) is 17.3 Å². The standard InChI is InChI=1S/C20H22N4O4/c1-2-27-16-9-5-14(6-10-16)19(25)21-11-12-23-20(26)24(15-7-8-15)18(22-23)17-4-3-13-28-17/h3-6,9-10,13,15H,2,7-8,11-12H2,1H3,(H,21,25). The Morgan fingerprint density at radius 1 is 1.29 bits per heavy atom. The molecule has 1 aliphatic carbocycles. The molecule has 0 atom stereocenters. The first kappa shape index (κ1) is 18.1. The molecular weight excluding hydrogens is 360 g/mol. The van der Waals surface area contributed by atoms with Gasteiger partial charge in [-0.15, -0.1) is 5.10 Å². The summed E-state index contributed by atoms with van der Waals surface area (Å²) >= 11 is 0. The molecule has 1 amide bonds. The van der Waals surface area contributed by atoms with Crippen molar-refractivity contribution in [2.75, 3.05) is 13.2 Å². The van der Waals surface area contributed by atoms with Gasteiger partial charge in [-0.25, -0.2) is 9.48 Å². The van der Waals surface area contributed by atoms with Crippen LogP contribution in [0, 0.1) is 0 Å². The molecule has 1 saturated carbocycles. The average Bonchev–Trinajstić information content (AvgIpc) is 3.27. The monoisotopic (exact) mass is 382 g/mol. The quantitative estimate of drug-likeness (QED) is 0.646. The molecule has 1 fully saturated rings. The highest BCUT2D eigenvalue weighted by atomic mass is 16.5. The topological polar surface area (TPSA) is 91.3 Å². The van der Waals surface area contributed by atoms with E-state index in [9.17, 15) is 9.59 Å². The maximum absolute atomic E-state index is 12.7. The minimum Gasteiger partial charge on any atom is -0.494 e. The Labute approximate surface area is 161 Å². The van der Waals surface area contributed by atoms with Crippen molar-refractivity contribution < 1.29 is 13.9 Å². The van der Waals surface area contributed by atoms with E-state index in [4.69, 9.17) is 9.15 Å². The van der Waals surface area contributed by atoms with Crippen LogP contribution >= 0.6 is 0 Å². The number of hydrogen-bond donors (Lipinski definition) is 1. The lowest BCUT2D eigenvalue weighted by atomic mass is 10.2. The van der Waals surface area contributed by atoms with Crippen LogP contribution in [-0.2, 0) is 6.54 Å². The van der Waals surface area contributed by atoms with Crippen molar-refractivity contribution in [3.05, 3.63) is 58.7 Å². The van der Waals surface area contributed by atoms with Crippen molar-refractivity contribution in [1.29, 1.82) is 0 Å². The molecular formula is C20H22N4O4. The van der Waals surface area contributed by atoms with E-state index >= 15 is 0 Å². The zero-order valence-corrected chi connectivity index (χ0v) is 15.6. The molecule has 8 nitrogen and oxygen atoms in total. The molecule has 2 heterocycles. The number of ether oxygens (including phenoxy) is 1.